The van der Waals surface area contributed by atoms with Gasteiger partial charge in [0.1, 0.15) is 5.82 Å². The molecule has 5 nitrogen and oxygen atoms in total. The Kier molecular flexibility index (Phi) is 5.33. The van der Waals surface area contributed by atoms with Crippen LogP contribution in [0.1, 0.15) is 11.4 Å². The molecule has 0 saturated carbocycles. The van der Waals surface area contributed by atoms with Crippen LogP contribution in [0.5, 0.6) is 0 Å². The lowest BCUT2D eigenvalue weighted by atomic mass is 10.2. The molecule has 0 fully saturated rings. The van der Waals surface area contributed by atoms with Crippen molar-refractivity contribution < 1.29 is 0 Å². The summed E-state index contributed by atoms with van der Waals surface area (Å²) in [5.41, 5.74) is 3.10. The third-order valence-electron chi connectivity index (χ3n) is 3.72. The predicted octanol–water partition coefficient (Wildman–Crippen LogP) is 3.12. The summed E-state index contributed by atoms with van der Waals surface area (Å²) >= 11 is 6.16. The Morgan fingerprint density at radius 2 is 1.92 bits per heavy atom. The van der Waals surface area contributed by atoms with Gasteiger partial charge in [0.05, 0.1) is 11.0 Å². The quantitative estimate of drug-likeness (QED) is 0.493. The van der Waals surface area contributed by atoms with Crippen LogP contribution >= 0.6 is 11.6 Å². The standard InChI is InChI=1S/C18H20ClN5/c1-20-18(22-12-13-6-2-3-7-14(13)19)21-11-10-17-23-15-8-4-5-9-16(15)24-17/h2-9H,10-12H2,1H3,(H,23,24)(H2,20,21,22). The zero-order valence-corrected chi connectivity index (χ0v) is 14.3. The molecule has 0 unspecified atom stereocenters. The van der Waals surface area contributed by atoms with E-state index in [1.54, 1.807) is 7.05 Å². The molecule has 6 heteroatoms. The summed E-state index contributed by atoms with van der Waals surface area (Å²) in [5.74, 6) is 1.70. The number of aromatic nitrogens is 2. The number of halogens is 1. The second-order valence-electron chi connectivity index (χ2n) is 5.39. The van der Waals surface area contributed by atoms with Gasteiger partial charge in [-0.3, -0.25) is 4.99 Å². The first-order chi connectivity index (χ1) is 11.8. The third kappa shape index (κ3) is 4.06. The number of nitrogens with one attached hydrogen (secondary N) is 3. The van der Waals surface area contributed by atoms with Crippen LogP contribution in [0.2, 0.25) is 5.02 Å². The maximum Gasteiger partial charge on any atom is 0.191 e. The zero-order valence-electron chi connectivity index (χ0n) is 13.5. The van der Waals surface area contributed by atoms with Gasteiger partial charge in [0.15, 0.2) is 5.96 Å². The highest BCUT2D eigenvalue weighted by atomic mass is 35.5. The lowest BCUT2D eigenvalue weighted by Gasteiger charge is -2.12. The summed E-state index contributed by atoms with van der Waals surface area (Å²) in [7, 11) is 1.75. The molecular weight excluding hydrogens is 322 g/mol. The number of rotatable bonds is 5. The highest BCUT2D eigenvalue weighted by Gasteiger charge is 2.04. The van der Waals surface area contributed by atoms with E-state index < -0.39 is 0 Å². The first-order valence-corrected chi connectivity index (χ1v) is 8.25. The Morgan fingerprint density at radius 1 is 1.12 bits per heavy atom. The van der Waals surface area contributed by atoms with Crippen molar-refractivity contribution in [2.24, 2.45) is 4.99 Å². The third-order valence-corrected chi connectivity index (χ3v) is 4.09. The number of hydrogen-bond acceptors (Lipinski definition) is 2. The first-order valence-electron chi connectivity index (χ1n) is 7.88. The van der Waals surface area contributed by atoms with Gasteiger partial charge in [0.25, 0.3) is 0 Å². The number of guanidine groups is 1. The van der Waals surface area contributed by atoms with Crippen LogP contribution in [0.25, 0.3) is 11.0 Å². The minimum Gasteiger partial charge on any atom is -0.356 e. The molecule has 3 aromatic rings. The van der Waals surface area contributed by atoms with Gasteiger partial charge in [-0.1, -0.05) is 41.9 Å². The van der Waals surface area contributed by atoms with E-state index in [9.17, 15) is 0 Å². The molecule has 0 bridgehead atoms. The molecule has 124 valence electrons. The fraction of sp³-hybridized carbons (Fsp3) is 0.222. The average molecular weight is 342 g/mol. The van der Waals surface area contributed by atoms with E-state index in [1.165, 1.54) is 0 Å². The normalized spacial score (nSPS) is 11.7. The monoisotopic (exact) mass is 341 g/mol. The van der Waals surface area contributed by atoms with Crippen LogP contribution in [0.15, 0.2) is 53.5 Å². The molecule has 0 aliphatic rings. The van der Waals surface area contributed by atoms with Crippen molar-refractivity contribution in [2.45, 2.75) is 13.0 Å². The summed E-state index contributed by atoms with van der Waals surface area (Å²) < 4.78 is 0. The van der Waals surface area contributed by atoms with Gasteiger partial charge in [0.2, 0.25) is 0 Å². The predicted molar refractivity (Wildman–Crippen MR) is 99.5 cm³/mol. The second-order valence-corrected chi connectivity index (χ2v) is 5.80. The van der Waals surface area contributed by atoms with Crippen molar-refractivity contribution in [3.63, 3.8) is 0 Å². The van der Waals surface area contributed by atoms with Crippen molar-refractivity contribution in [3.8, 4) is 0 Å². The Hall–Kier alpha value is -2.53. The van der Waals surface area contributed by atoms with Gasteiger partial charge < -0.3 is 15.6 Å². The second kappa shape index (κ2) is 7.84. The first kappa shape index (κ1) is 16.3. The van der Waals surface area contributed by atoms with E-state index in [0.717, 1.165) is 46.4 Å². The van der Waals surface area contributed by atoms with Gasteiger partial charge in [-0.25, -0.2) is 4.98 Å². The largest absolute Gasteiger partial charge is 0.356 e. The maximum absolute atomic E-state index is 6.16. The van der Waals surface area contributed by atoms with E-state index in [2.05, 4.69) is 25.6 Å². The van der Waals surface area contributed by atoms with E-state index in [0.29, 0.717) is 6.54 Å². The molecule has 3 rings (SSSR count). The summed E-state index contributed by atoms with van der Waals surface area (Å²) in [6, 6.07) is 15.8. The highest BCUT2D eigenvalue weighted by molar-refractivity contribution is 6.31. The Labute approximate surface area is 146 Å². The molecular formula is C18H20ClN5. The molecule has 0 atom stereocenters. The molecule has 1 heterocycles. The van der Waals surface area contributed by atoms with Gasteiger partial charge in [-0.05, 0) is 23.8 Å². The molecule has 1 aromatic heterocycles. The smallest absolute Gasteiger partial charge is 0.191 e. The fourth-order valence-electron chi connectivity index (χ4n) is 2.46. The van der Waals surface area contributed by atoms with Gasteiger partial charge >= 0.3 is 0 Å². The summed E-state index contributed by atoms with van der Waals surface area (Å²) in [5, 5.41) is 7.30. The molecule has 0 saturated heterocycles. The van der Waals surface area contributed by atoms with Crippen LogP contribution in [0.3, 0.4) is 0 Å². The molecule has 0 amide bonds. The van der Waals surface area contributed by atoms with Crippen LogP contribution in [0.4, 0.5) is 0 Å². The average Bonchev–Trinajstić information content (AvgIpc) is 3.02. The van der Waals surface area contributed by atoms with E-state index >= 15 is 0 Å². The number of nitrogens with zero attached hydrogens (tertiary/aromatic N) is 2. The van der Waals surface area contributed by atoms with Crippen LogP contribution in [-0.4, -0.2) is 29.5 Å². The summed E-state index contributed by atoms with van der Waals surface area (Å²) in [6.07, 6.45) is 0.793. The molecule has 0 radical (unpaired) electrons. The summed E-state index contributed by atoms with van der Waals surface area (Å²) in [4.78, 5) is 12.1. The number of aromatic amines is 1. The van der Waals surface area contributed by atoms with E-state index in [1.807, 2.05) is 48.5 Å². The number of hydrogen-bond donors (Lipinski definition) is 3. The molecule has 3 N–H and O–H groups in total. The van der Waals surface area contributed by atoms with Gasteiger partial charge in [0, 0.05) is 31.6 Å². The van der Waals surface area contributed by atoms with Crippen molar-refractivity contribution >= 4 is 28.6 Å². The summed E-state index contributed by atoms with van der Waals surface area (Å²) in [6.45, 7) is 1.37. The van der Waals surface area contributed by atoms with Crippen molar-refractivity contribution in [3.05, 3.63) is 64.9 Å². The Bertz CT molecular complexity index is 807. The SMILES string of the molecule is CN=C(NCCc1nc2ccccc2[nH]1)NCc1ccccc1Cl. The Morgan fingerprint density at radius 3 is 2.71 bits per heavy atom. The van der Waals surface area contributed by atoms with Crippen molar-refractivity contribution in [1.82, 2.24) is 20.6 Å². The lowest BCUT2D eigenvalue weighted by molar-refractivity contribution is 0.777. The van der Waals surface area contributed by atoms with Crippen LogP contribution in [0, 0.1) is 0 Å². The highest BCUT2D eigenvalue weighted by Crippen LogP contribution is 2.14. The fourth-order valence-corrected chi connectivity index (χ4v) is 2.67. The number of benzene rings is 2. The minimum absolute atomic E-state index is 0.629. The number of imidazole rings is 1. The van der Waals surface area contributed by atoms with E-state index in [4.69, 9.17) is 11.6 Å². The molecule has 0 aliphatic carbocycles. The minimum atomic E-state index is 0.629. The maximum atomic E-state index is 6.16. The molecule has 2 aromatic carbocycles. The zero-order chi connectivity index (χ0) is 16.8. The topological polar surface area (TPSA) is 65.1 Å². The number of H-pyrrole nitrogens is 1. The van der Waals surface area contributed by atoms with Crippen molar-refractivity contribution in [1.29, 1.82) is 0 Å². The number of aliphatic imine (C=N–C) groups is 1. The van der Waals surface area contributed by atoms with Crippen molar-refractivity contribution in [2.75, 3.05) is 13.6 Å². The van der Waals surface area contributed by atoms with Gasteiger partial charge in [-0.2, -0.15) is 0 Å². The van der Waals surface area contributed by atoms with E-state index in [-0.39, 0.29) is 0 Å². The Balaban J connectivity index is 1.50. The molecule has 0 aliphatic heterocycles. The number of fused-ring (bicyclic) bond motifs is 1. The molecule has 0 spiro atoms. The lowest BCUT2D eigenvalue weighted by Crippen LogP contribution is -2.38. The molecule has 24 heavy (non-hydrogen) atoms. The number of para-hydroxylation sites is 2. The van der Waals surface area contributed by atoms with Crippen LogP contribution in [-0.2, 0) is 13.0 Å². The van der Waals surface area contributed by atoms with Crippen LogP contribution < -0.4 is 10.6 Å². The van der Waals surface area contributed by atoms with Gasteiger partial charge in [-0.15, -0.1) is 0 Å².